The molecule has 0 aliphatic rings. The van der Waals surface area contributed by atoms with Gasteiger partial charge in [0.2, 0.25) is 0 Å². The summed E-state index contributed by atoms with van der Waals surface area (Å²) >= 11 is 0. The summed E-state index contributed by atoms with van der Waals surface area (Å²) in [6.07, 6.45) is 3.15. The number of rotatable bonds is 5. The molecule has 0 saturated carbocycles. The molecule has 1 radical (unpaired) electrons. The summed E-state index contributed by atoms with van der Waals surface area (Å²) in [5, 5.41) is 12.3. The number of unbranched alkanes of at least 4 members (excludes halogenated alkanes) is 2. The lowest BCUT2D eigenvalue weighted by molar-refractivity contribution is 0.283. The van der Waals surface area contributed by atoms with Crippen LogP contribution in [-0.2, 0) is 0 Å². The molecule has 0 aromatic heterocycles. The van der Waals surface area contributed by atoms with E-state index in [4.69, 9.17) is 5.11 Å². The lowest BCUT2D eigenvalue weighted by Gasteiger charge is -1.93. The van der Waals surface area contributed by atoms with Crippen LogP contribution in [0, 0.1) is 0 Å². The topological polar surface area (TPSA) is 34.3 Å². The summed E-state index contributed by atoms with van der Waals surface area (Å²) in [4.78, 5) is 0. The molecule has 0 aromatic carbocycles. The third-order valence-electron chi connectivity index (χ3n) is 1.04. The monoisotopic (exact) mass is 116 g/mol. The maximum absolute atomic E-state index is 8.33. The Labute approximate surface area is 50.9 Å². The van der Waals surface area contributed by atoms with Gasteiger partial charge in [-0.15, -0.1) is 0 Å². The minimum absolute atomic E-state index is 0.323. The molecule has 1 N–H and O–H groups in total. The number of hydrogen-bond donors (Lipinski definition) is 1. The molecule has 0 saturated heterocycles. The van der Waals surface area contributed by atoms with Crippen molar-refractivity contribution in [1.29, 1.82) is 0 Å². The first kappa shape index (κ1) is 7.92. The van der Waals surface area contributed by atoms with Gasteiger partial charge in [-0.1, -0.05) is 0 Å². The van der Waals surface area contributed by atoms with E-state index in [1.807, 2.05) is 7.05 Å². The summed E-state index contributed by atoms with van der Waals surface area (Å²) in [6, 6.07) is 0. The lowest BCUT2D eigenvalue weighted by atomic mass is 10.2. The number of nitrogens with zero attached hydrogens (tertiary/aromatic N) is 1. The van der Waals surface area contributed by atoms with Crippen molar-refractivity contribution < 1.29 is 5.11 Å². The smallest absolute Gasteiger partial charge is 0.0431 e. The lowest BCUT2D eigenvalue weighted by Crippen LogP contribution is -1.98. The molecule has 0 spiro atoms. The van der Waals surface area contributed by atoms with Crippen LogP contribution in [0.15, 0.2) is 0 Å². The SMILES string of the molecule is C[N]CCCCCO. The van der Waals surface area contributed by atoms with Crippen LogP contribution >= 0.6 is 0 Å². The predicted octanol–water partition coefficient (Wildman–Crippen LogP) is 0.383. The van der Waals surface area contributed by atoms with E-state index < -0.39 is 0 Å². The molecule has 2 nitrogen and oxygen atoms in total. The Bertz CT molecular complexity index is 33.5. The van der Waals surface area contributed by atoms with E-state index in [2.05, 4.69) is 5.32 Å². The van der Waals surface area contributed by atoms with Crippen LogP contribution in [0.1, 0.15) is 19.3 Å². The number of aliphatic hydroxyl groups excluding tert-OH is 1. The van der Waals surface area contributed by atoms with Crippen molar-refractivity contribution in [3.8, 4) is 0 Å². The Balaban J connectivity index is 2.53. The molecule has 0 aromatic rings. The van der Waals surface area contributed by atoms with Gasteiger partial charge in [0.25, 0.3) is 0 Å². The van der Waals surface area contributed by atoms with Crippen molar-refractivity contribution in [2.75, 3.05) is 20.2 Å². The van der Waals surface area contributed by atoms with Crippen LogP contribution in [0.2, 0.25) is 0 Å². The summed E-state index contributed by atoms with van der Waals surface area (Å²) in [6.45, 7) is 1.27. The first-order valence-corrected chi connectivity index (χ1v) is 3.08. The highest BCUT2D eigenvalue weighted by atomic mass is 16.2. The number of aliphatic hydroxyl groups is 1. The molecule has 49 valence electrons. The van der Waals surface area contributed by atoms with E-state index in [-0.39, 0.29) is 0 Å². The van der Waals surface area contributed by atoms with E-state index in [0.717, 1.165) is 25.8 Å². The van der Waals surface area contributed by atoms with Crippen molar-refractivity contribution in [2.24, 2.45) is 0 Å². The summed E-state index contributed by atoms with van der Waals surface area (Å²) in [7, 11) is 1.82. The molecule has 0 aliphatic heterocycles. The van der Waals surface area contributed by atoms with Crippen LogP contribution < -0.4 is 5.32 Å². The fourth-order valence-corrected chi connectivity index (χ4v) is 0.558. The summed E-state index contributed by atoms with van der Waals surface area (Å²) in [5.74, 6) is 0. The van der Waals surface area contributed by atoms with E-state index in [1.54, 1.807) is 0 Å². The molecular formula is C6H14NO. The van der Waals surface area contributed by atoms with E-state index in [1.165, 1.54) is 0 Å². The second-order valence-electron chi connectivity index (χ2n) is 1.82. The Morgan fingerprint density at radius 3 is 2.50 bits per heavy atom. The summed E-state index contributed by atoms with van der Waals surface area (Å²) < 4.78 is 0. The molecule has 0 heterocycles. The summed E-state index contributed by atoms with van der Waals surface area (Å²) in [5.41, 5.74) is 0. The first-order chi connectivity index (χ1) is 3.91. The third-order valence-corrected chi connectivity index (χ3v) is 1.04. The average molecular weight is 116 g/mol. The highest BCUT2D eigenvalue weighted by Crippen LogP contribution is 1.91. The Morgan fingerprint density at radius 2 is 2.00 bits per heavy atom. The highest BCUT2D eigenvalue weighted by molar-refractivity contribution is 4.41. The van der Waals surface area contributed by atoms with Gasteiger partial charge in [0, 0.05) is 20.2 Å². The fraction of sp³-hybridized carbons (Fsp3) is 1.00. The van der Waals surface area contributed by atoms with Gasteiger partial charge in [-0.3, -0.25) is 0 Å². The minimum atomic E-state index is 0.323. The molecule has 0 atom stereocenters. The average Bonchev–Trinajstić information content (AvgIpc) is 1.81. The van der Waals surface area contributed by atoms with E-state index in [0.29, 0.717) is 6.61 Å². The molecule has 0 amide bonds. The van der Waals surface area contributed by atoms with Crippen molar-refractivity contribution >= 4 is 0 Å². The molecule has 0 unspecified atom stereocenters. The molecule has 0 bridgehead atoms. The highest BCUT2D eigenvalue weighted by Gasteiger charge is 1.84. The normalized spacial score (nSPS) is 9.75. The second kappa shape index (κ2) is 6.92. The van der Waals surface area contributed by atoms with Crippen molar-refractivity contribution in [1.82, 2.24) is 5.32 Å². The Kier molecular flexibility index (Phi) is 6.85. The van der Waals surface area contributed by atoms with Gasteiger partial charge in [-0.2, -0.15) is 0 Å². The molecular weight excluding hydrogens is 102 g/mol. The standard InChI is InChI=1S/C6H14NO/c1-7-5-3-2-4-6-8/h8H,2-6H2,1H3. The van der Waals surface area contributed by atoms with Gasteiger partial charge in [0.15, 0.2) is 0 Å². The second-order valence-corrected chi connectivity index (χ2v) is 1.82. The van der Waals surface area contributed by atoms with E-state index >= 15 is 0 Å². The van der Waals surface area contributed by atoms with Crippen molar-refractivity contribution in [3.63, 3.8) is 0 Å². The molecule has 8 heavy (non-hydrogen) atoms. The van der Waals surface area contributed by atoms with Gasteiger partial charge in [0.05, 0.1) is 0 Å². The van der Waals surface area contributed by atoms with Gasteiger partial charge in [-0.25, -0.2) is 5.32 Å². The Morgan fingerprint density at radius 1 is 1.25 bits per heavy atom. The predicted molar refractivity (Wildman–Crippen MR) is 33.9 cm³/mol. The molecule has 0 aliphatic carbocycles. The zero-order chi connectivity index (χ0) is 6.24. The van der Waals surface area contributed by atoms with Gasteiger partial charge < -0.3 is 5.11 Å². The van der Waals surface area contributed by atoms with Crippen molar-refractivity contribution in [2.45, 2.75) is 19.3 Å². The first-order valence-electron chi connectivity index (χ1n) is 3.08. The van der Waals surface area contributed by atoms with Crippen molar-refractivity contribution in [3.05, 3.63) is 0 Å². The quantitative estimate of drug-likeness (QED) is 0.518. The van der Waals surface area contributed by atoms with Crippen LogP contribution in [0.3, 0.4) is 0 Å². The van der Waals surface area contributed by atoms with Gasteiger partial charge in [0.1, 0.15) is 0 Å². The zero-order valence-electron chi connectivity index (χ0n) is 5.43. The van der Waals surface area contributed by atoms with Gasteiger partial charge >= 0.3 is 0 Å². The molecule has 2 heteroatoms. The van der Waals surface area contributed by atoms with Gasteiger partial charge in [-0.05, 0) is 19.3 Å². The zero-order valence-corrected chi connectivity index (χ0v) is 5.43. The third kappa shape index (κ3) is 5.92. The fourth-order valence-electron chi connectivity index (χ4n) is 0.558. The van der Waals surface area contributed by atoms with E-state index in [9.17, 15) is 0 Å². The van der Waals surface area contributed by atoms with Crippen LogP contribution in [0.25, 0.3) is 0 Å². The largest absolute Gasteiger partial charge is 0.396 e. The molecule has 0 rings (SSSR count). The van der Waals surface area contributed by atoms with Crippen LogP contribution in [0.5, 0.6) is 0 Å². The van der Waals surface area contributed by atoms with Crippen LogP contribution in [0.4, 0.5) is 0 Å². The maximum atomic E-state index is 8.33. The van der Waals surface area contributed by atoms with Crippen LogP contribution in [-0.4, -0.2) is 25.3 Å². The molecule has 0 fully saturated rings. The maximum Gasteiger partial charge on any atom is 0.0431 e. The minimum Gasteiger partial charge on any atom is -0.396 e. The Hall–Kier alpha value is -0.0800. The number of hydrogen-bond acceptors (Lipinski definition) is 1.